The molecule has 112 valence electrons. The van der Waals surface area contributed by atoms with Crippen molar-refractivity contribution in [3.05, 3.63) is 58.9 Å². The van der Waals surface area contributed by atoms with Crippen molar-refractivity contribution in [1.29, 1.82) is 0 Å². The highest BCUT2D eigenvalue weighted by Gasteiger charge is 2.22. The number of benzene rings is 1. The predicted molar refractivity (Wildman–Crippen MR) is 71.9 cm³/mol. The highest BCUT2D eigenvalue weighted by molar-refractivity contribution is 5.47. The first kappa shape index (κ1) is 15.3. The Kier molecular flexibility index (Phi) is 4.45. The summed E-state index contributed by atoms with van der Waals surface area (Å²) >= 11 is 0. The molecule has 1 unspecified atom stereocenters. The summed E-state index contributed by atoms with van der Waals surface area (Å²) in [4.78, 5) is 2.51. The van der Waals surface area contributed by atoms with Crippen LogP contribution in [0.4, 0.5) is 23.2 Å². The second kappa shape index (κ2) is 6.11. The third kappa shape index (κ3) is 3.15. The van der Waals surface area contributed by atoms with Crippen LogP contribution in [-0.2, 0) is 6.42 Å². The zero-order chi connectivity index (χ0) is 15.6. The highest BCUT2D eigenvalue weighted by Crippen LogP contribution is 2.26. The zero-order valence-corrected chi connectivity index (χ0v) is 11.6. The Bertz CT molecular complexity index is 615. The minimum atomic E-state index is -1.68. The number of hydrogen-bond acceptors (Lipinski definition) is 2. The van der Waals surface area contributed by atoms with Crippen molar-refractivity contribution in [3.63, 3.8) is 0 Å². The monoisotopic (exact) mass is 298 g/mol. The lowest BCUT2D eigenvalue weighted by Gasteiger charge is -2.17. The van der Waals surface area contributed by atoms with Crippen LogP contribution in [0, 0.1) is 23.5 Å². The van der Waals surface area contributed by atoms with Gasteiger partial charge in [-0.1, -0.05) is 31.2 Å². The van der Waals surface area contributed by atoms with Crippen molar-refractivity contribution in [2.24, 2.45) is 0 Å². The Morgan fingerprint density at radius 3 is 2.00 bits per heavy atom. The summed E-state index contributed by atoms with van der Waals surface area (Å²) in [5.41, 5.74) is 1.00. The molecule has 2 aromatic rings. The molecular formula is C15H14F4N2. The van der Waals surface area contributed by atoms with Gasteiger partial charge in [-0.2, -0.15) is 22.5 Å². The van der Waals surface area contributed by atoms with Crippen LogP contribution >= 0.6 is 0 Å². The molecule has 2 nitrogen and oxygen atoms in total. The second-order valence-corrected chi connectivity index (χ2v) is 4.66. The number of anilines is 1. The summed E-state index contributed by atoms with van der Waals surface area (Å²) < 4.78 is 53.1. The fraction of sp³-hybridized carbons (Fsp3) is 0.267. The molecule has 0 aliphatic heterocycles. The zero-order valence-electron chi connectivity index (χ0n) is 11.6. The molecule has 0 spiro atoms. The lowest BCUT2D eigenvalue weighted by molar-refractivity contribution is 0.410. The van der Waals surface area contributed by atoms with E-state index >= 15 is 0 Å². The molecular weight excluding hydrogens is 284 g/mol. The Balaban J connectivity index is 2.28. The van der Waals surface area contributed by atoms with Gasteiger partial charge < -0.3 is 5.32 Å². The van der Waals surface area contributed by atoms with Gasteiger partial charge in [-0.15, -0.1) is 0 Å². The number of nitrogens with zero attached hydrogens (tertiary/aromatic N) is 1. The number of rotatable bonds is 4. The van der Waals surface area contributed by atoms with Gasteiger partial charge in [-0.3, -0.25) is 0 Å². The van der Waals surface area contributed by atoms with E-state index in [4.69, 9.17) is 0 Å². The van der Waals surface area contributed by atoms with Gasteiger partial charge in [-0.25, -0.2) is 0 Å². The molecule has 0 amide bonds. The molecule has 0 aliphatic rings. The van der Waals surface area contributed by atoms with Crippen molar-refractivity contribution in [2.45, 2.75) is 26.3 Å². The van der Waals surface area contributed by atoms with Crippen LogP contribution in [0.5, 0.6) is 0 Å². The lowest BCUT2D eigenvalue weighted by atomic mass is 10.0. The standard InChI is InChI=1S/C15H14F4N2/c1-3-9-4-6-10(7-5-9)8(2)20-13-11(16)14(18)21-15(19)12(13)17/h4-8H,3H2,1-2H3,(H,20,21). The van der Waals surface area contributed by atoms with E-state index in [0.29, 0.717) is 0 Å². The highest BCUT2D eigenvalue weighted by atomic mass is 19.2. The first-order valence-corrected chi connectivity index (χ1v) is 6.49. The van der Waals surface area contributed by atoms with Crippen LogP contribution < -0.4 is 5.32 Å². The molecule has 1 atom stereocenters. The van der Waals surface area contributed by atoms with Gasteiger partial charge in [0.1, 0.15) is 5.69 Å². The van der Waals surface area contributed by atoms with Crippen molar-refractivity contribution >= 4 is 5.69 Å². The van der Waals surface area contributed by atoms with Gasteiger partial charge in [0.2, 0.25) is 11.6 Å². The normalized spacial score (nSPS) is 12.3. The van der Waals surface area contributed by atoms with E-state index in [1.165, 1.54) is 0 Å². The quantitative estimate of drug-likeness (QED) is 0.669. The van der Waals surface area contributed by atoms with Crippen LogP contribution in [0.1, 0.15) is 31.0 Å². The molecule has 0 aliphatic carbocycles. The van der Waals surface area contributed by atoms with Crippen molar-refractivity contribution in [2.75, 3.05) is 5.32 Å². The fourth-order valence-electron chi connectivity index (χ4n) is 1.96. The van der Waals surface area contributed by atoms with Crippen LogP contribution in [-0.4, -0.2) is 4.98 Å². The first-order chi connectivity index (χ1) is 9.93. The molecule has 0 bridgehead atoms. The third-order valence-electron chi connectivity index (χ3n) is 3.25. The molecule has 1 aromatic heterocycles. The average molecular weight is 298 g/mol. The Morgan fingerprint density at radius 1 is 1.00 bits per heavy atom. The van der Waals surface area contributed by atoms with Gasteiger partial charge >= 0.3 is 0 Å². The summed E-state index contributed by atoms with van der Waals surface area (Å²) in [6.07, 6.45) is 0.867. The molecule has 6 heteroatoms. The summed E-state index contributed by atoms with van der Waals surface area (Å²) in [7, 11) is 0. The third-order valence-corrected chi connectivity index (χ3v) is 3.25. The number of halogens is 4. The van der Waals surface area contributed by atoms with Crippen molar-refractivity contribution in [1.82, 2.24) is 4.98 Å². The van der Waals surface area contributed by atoms with E-state index in [1.807, 2.05) is 19.1 Å². The molecule has 1 N–H and O–H groups in total. The first-order valence-electron chi connectivity index (χ1n) is 6.49. The smallest absolute Gasteiger partial charge is 0.253 e. The molecule has 21 heavy (non-hydrogen) atoms. The molecule has 0 radical (unpaired) electrons. The molecule has 1 aromatic carbocycles. The summed E-state index contributed by atoms with van der Waals surface area (Å²) in [6.45, 7) is 3.64. The van der Waals surface area contributed by atoms with E-state index in [2.05, 4.69) is 10.3 Å². The molecule has 0 saturated carbocycles. The van der Waals surface area contributed by atoms with Gasteiger partial charge in [0, 0.05) is 6.04 Å². The van der Waals surface area contributed by atoms with Crippen LogP contribution in [0.15, 0.2) is 24.3 Å². The van der Waals surface area contributed by atoms with E-state index < -0.39 is 35.3 Å². The molecule has 0 saturated heterocycles. The second-order valence-electron chi connectivity index (χ2n) is 4.66. The maximum atomic E-state index is 13.5. The van der Waals surface area contributed by atoms with E-state index in [1.54, 1.807) is 19.1 Å². The SMILES string of the molecule is CCc1ccc(C(C)Nc2c(F)c(F)nc(F)c2F)cc1. The van der Waals surface area contributed by atoms with Crippen LogP contribution in [0.3, 0.4) is 0 Å². The number of pyridine rings is 1. The van der Waals surface area contributed by atoms with Crippen LogP contribution in [0.25, 0.3) is 0 Å². The van der Waals surface area contributed by atoms with Gasteiger partial charge in [-0.05, 0) is 24.5 Å². The van der Waals surface area contributed by atoms with Crippen molar-refractivity contribution in [3.8, 4) is 0 Å². The van der Waals surface area contributed by atoms with Crippen LogP contribution in [0.2, 0.25) is 0 Å². The lowest BCUT2D eigenvalue weighted by Crippen LogP contribution is -2.13. The maximum absolute atomic E-state index is 13.5. The molecule has 1 heterocycles. The number of nitrogens with one attached hydrogen (secondary N) is 1. The van der Waals surface area contributed by atoms with E-state index in [-0.39, 0.29) is 0 Å². The van der Waals surface area contributed by atoms with Gasteiger partial charge in [0.25, 0.3) is 11.9 Å². The van der Waals surface area contributed by atoms with Crippen molar-refractivity contribution < 1.29 is 17.6 Å². The number of aromatic nitrogens is 1. The summed E-state index contributed by atoms with van der Waals surface area (Å²) in [5.74, 6) is -6.42. The van der Waals surface area contributed by atoms with Gasteiger partial charge in [0.05, 0.1) is 0 Å². The van der Waals surface area contributed by atoms with E-state index in [0.717, 1.165) is 17.5 Å². The summed E-state index contributed by atoms with van der Waals surface area (Å²) in [5, 5.41) is 2.44. The molecule has 2 rings (SSSR count). The average Bonchev–Trinajstić information content (AvgIpc) is 2.49. The minimum Gasteiger partial charge on any atom is -0.373 e. The summed E-state index contributed by atoms with van der Waals surface area (Å²) in [6, 6.07) is 6.82. The minimum absolute atomic E-state index is 0.527. The topological polar surface area (TPSA) is 24.9 Å². The maximum Gasteiger partial charge on any atom is 0.253 e. The number of aryl methyl sites for hydroxylation is 1. The predicted octanol–water partition coefficient (Wildman–Crippen LogP) is 4.37. The fourth-order valence-corrected chi connectivity index (χ4v) is 1.96. The largest absolute Gasteiger partial charge is 0.373 e. The van der Waals surface area contributed by atoms with E-state index in [9.17, 15) is 17.6 Å². The number of hydrogen-bond donors (Lipinski definition) is 1. The Morgan fingerprint density at radius 2 is 1.52 bits per heavy atom. The molecule has 0 fully saturated rings. The Labute approximate surface area is 119 Å². The van der Waals surface area contributed by atoms with Gasteiger partial charge in [0.15, 0.2) is 0 Å². The Hall–Kier alpha value is -2.11.